The number of furan rings is 1. The Morgan fingerprint density at radius 2 is 2.12 bits per heavy atom. The normalized spacial score (nSPS) is 16.6. The minimum Gasteiger partial charge on any atom is -0.458 e. The first-order valence-electron chi connectivity index (χ1n) is 10.2. The average Bonchev–Trinajstić information content (AvgIpc) is 3.49. The second-order valence-electron chi connectivity index (χ2n) is 8.31. The highest BCUT2D eigenvalue weighted by atomic mass is 19.3. The van der Waals surface area contributed by atoms with Gasteiger partial charge in [0.2, 0.25) is 11.7 Å². The fraction of sp³-hybridized carbons (Fsp3) is 0.318. The first-order valence-corrected chi connectivity index (χ1v) is 10.2. The smallest absolute Gasteiger partial charge is 0.292 e. The predicted molar refractivity (Wildman–Crippen MR) is 108 cm³/mol. The van der Waals surface area contributed by atoms with Crippen molar-refractivity contribution in [3.8, 4) is 0 Å². The van der Waals surface area contributed by atoms with Crippen LogP contribution in [0.25, 0.3) is 11.0 Å². The number of aromatic nitrogens is 3. The summed E-state index contributed by atoms with van der Waals surface area (Å²) >= 11 is 0. The molecular weight excluding hydrogens is 441 g/mol. The maximum Gasteiger partial charge on any atom is 0.292 e. The number of carbonyl (C=O) groups is 1. The van der Waals surface area contributed by atoms with Gasteiger partial charge in [0.25, 0.3) is 12.3 Å². The maximum atomic E-state index is 14.3. The van der Waals surface area contributed by atoms with Crippen molar-refractivity contribution in [2.75, 3.05) is 6.54 Å². The molecule has 11 heteroatoms. The van der Waals surface area contributed by atoms with Gasteiger partial charge in [0, 0.05) is 18.7 Å². The zero-order chi connectivity index (χ0) is 23.5. The van der Waals surface area contributed by atoms with Gasteiger partial charge in [-0.2, -0.15) is 0 Å². The van der Waals surface area contributed by atoms with E-state index in [9.17, 15) is 23.1 Å². The summed E-state index contributed by atoms with van der Waals surface area (Å²) in [6, 6.07) is 4.92. The highest BCUT2D eigenvalue weighted by Gasteiger charge is 2.41. The molecule has 0 bridgehead atoms. The van der Waals surface area contributed by atoms with Crippen LogP contribution in [0, 0.1) is 5.82 Å². The highest BCUT2D eigenvalue weighted by molar-refractivity contribution is 5.93. The molecule has 0 aliphatic carbocycles. The minimum atomic E-state index is -3.10. The number of alkyl halides is 2. The molecule has 0 unspecified atom stereocenters. The fourth-order valence-corrected chi connectivity index (χ4v) is 3.99. The van der Waals surface area contributed by atoms with Crippen LogP contribution >= 0.6 is 0 Å². The van der Waals surface area contributed by atoms with E-state index >= 15 is 0 Å². The summed E-state index contributed by atoms with van der Waals surface area (Å²) in [6.45, 7) is 2.75. The van der Waals surface area contributed by atoms with Crippen molar-refractivity contribution >= 4 is 16.9 Å². The lowest BCUT2D eigenvalue weighted by molar-refractivity contribution is 0.0437. The number of nitrogens with one attached hydrogen (secondary N) is 1. The van der Waals surface area contributed by atoms with E-state index in [1.165, 1.54) is 43.3 Å². The van der Waals surface area contributed by atoms with Crippen molar-refractivity contribution in [3.05, 3.63) is 70.9 Å². The van der Waals surface area contributed by atoms with E-state index in [2.05, 4.69) is 15.0 Å². The lowest BCUT2D eigenvalue weighted by atomic mass is 9.99. The van der Waals surface area contributed by atoms with Crippen LogP contribution in [0.15, 0.2) is 39.4 Å². The van der Waals surface area contributed by atoms with Gasteiger partial charge in [-0.25, -0.2) is 23.1 Å². The molecule has 172 valence electrons. The number of amides is 1. The molecule has 1 aliphatic heterocycles. The van der Waals surface area contributed by atoms with Crippen LogP contribution < -0.4 is 0 Å². The SMILES string of the molecule is CC(C)(O)c1nc(C(F)F)c(C(=O)N2CCc3[nH]cnc3[C@H]2c2cc3c(F)cccc3o2)o1. The van der Waals surface area contributed by atoms with E-state index < -0.39 is 47.1 Å². The first kappa shape index (κ1) is 21.3. The van der Waals surface area contributed by atoms with Crippen LogP contribution in [0.3, 0.4) is 0 Å². The second-order valence-corrected chi connectivity index (χ2v) is 8.31. The number of H-pyrrole nitrogens is 1. The van der Waals surface area contributed by atoms with Gasteiger partial charge in [-0.3, -0.25) is 4.79 Å². The Morgan fingerprint density at radius 3 is 2.82 bits per heavy atom. The molecule has 0 fully saturated rings. The molecule has 1 amide bonds. The molecule has 2 N–H and O–H groups in total. The summed E-state index contributed by atoms with van der Waals surface area (Å²) in [7, 11) is 0. The van der Waals surface area contributed by atoms with Gasteiger partial charge in [0.15, 0.2) is 5.69 Å². The van der Waals surface area contributed by atoms with E-state index in [-0.39, 0.29) is 23.3 Å². The lowest BCUT2D eigenvalue weighted by Gasteiger charge is -2.33. The second kappa shape index (κ2) is 7.48. The minimum absolute atomic E-state index is 0.124. The van der Waals surface area contributed by atoms with Gasteiger partial charge in [-0.05, 0) is 32.0 Å². The molecule has 1 aromatic carbocycles. The zero-order valence-electron chi connectivity index (χ0n) is 17.6. The maximum absolute atomic E-state index is 14.3. The number of carbonyl (C=O) groups excluding carboxylic acids is 1. The third kappa shape index (κ3) is 3.48. The number of benzene rings is 1. The largest absolute Gasteiger partial charge is 0.458 e. The zero-order valence-corrected chi connectivity index (χ0v) is 17.6. The molecule has 0 spiro atoms. The molecule has 0 saturated heterocycles. The number of aliphatic hydroxyl groups is 1. The molecule has 1 aliphatic rings. The Labute approximate surface area is 185 Å². The summed E-state index contributed by atoms with van der Waals surface area (Å²) in [4.78, 5) is 25.7. The predicted octanol–water partition coefficient (Wildman–Crippen LogP) is 4.24. The number of nitrogens with zero attached hydrogens (tertiary/aromatic N) is 3. The molecule has 3 aromatic heterocycles. The summed E-state index contributed by atoms with van der Waals surface area (Å²) in [5, 5.41) is 10.4. The number of rotatable bonds is 4. The van der Waals surface area contributed by atoms with Crippen molar-refractivity contribution < 1.29 is 31.9 Å². The van der Waals surface area contributed by atoms with Crippen molar-refractivity contribution in [2.45, 2.75) is 38.3 Å². The van der Waals surface area contributed by atoms with Gasteiger partial charge in [0.1, 0.15) is 28.8 Å². The number of halogens is 3. The quantitative estimate of drug-likeness (QED) is 0.472. The average molecular weight is 460 g/mol. The molecule has 33 heavy (non-hydrogen) atoms. The Balaban J connectivity index is 1.63. The van der Waals surface area contributed by atoms with Crippen molar-refractivity contribution in [1.82, 2.24) is 19.9 Å². The molecule has 4 heterocycles. The van der Waals surface area contributed by atoms with Crippen molar-refractivity contribution in [1.29, 1.82) is 0 Å². The number of hydrogen-bond acceptors (Lipinski definition) is 6. The third-order valence-corrected chi connectivity index (χ3v) is 5.56. The summed E-state index contributed by atoms with van der Waals surface area (Å²) in [5.41, 5.74) is -1.06. The van der Waals surface area contributed by atoms with Gasteiger partial charge < -0.3 is 23.8 Å². The van der Waals surface area contributed by atoms with Crippen molar-refractivity contribution in [3.63, 3.8) is 0 Å². The van der Waals surface area contributed by atoms with E-state index in [1.54, 1.807) is 6.07 Å². The summed E-state index contributed by atoms with van der Waals surface area (Å²) in [6.07, 6.45) is -1.27. The number of aromatic amines is 1. The highest BCUT2D eigenvalue weighted by Crippen LogP contribution is 2.39. The van der Waals surface area contributed by atoms with E-state index in [1.807, 2.05) is 0 Å². The Kier molecular flexibility index (Phi) is 4.82. The Hall–Kier alpha value is -3.60. The molecule has 5 rings (SSSR count). The van der Waals surface area contributed by atoms with Crippen LogP contribution in [0.5, 0.6) is 0 Å². The monoisotopic (exact) mass is 460 g/mol. The molecule has 8 nitrogen and oxygen atoms in total. The van der Waals surface area contributed by atoms with Gasteiger partial charge in [-0.15, -0.1) is 0 Å². The number of oxazole rings is 1. The van der Waals surface area contributed by atoms with Crippen LogP contribution in [0.4, 0.5) is 13.2 Å². The number of imidazole rings is 1. The summed E-state index contributed by atoms with van der Waals surface area (Å²) in [5.74, 6) is -2.22. The fourth-order valence-electron chi connectivity index (χ4n) is 3.99. The van der Waals surface area contributed by atoms with Gasteiger partial charge in [0.05, 0.1) is 17.4 Å². The van der Waals surface area contributed by atoms with E-state index in [4.69, 9.17) is 8.83 Å². The van der Waals surface area contributed by atoms with Gasteiger partial charge in [-0.1, -0.05) is 6.07 Å². The van der Waals surface area contributed by atoms with Gasteiger partial charge >= 0.3 is 0 Å². The number of fused-ring (bicyclic) bond motifs is 2. The molecule has 4 aromatic rings. The first-order chi connectivity index (χ1) is 15.6. The Bertz CT molecular complexity index is 1350. The molecule has 0 saturated carbocycles. The number of hydrogen-bond donors (Lipinski definition) is 2. The van der Waals surface area contributed by atoms with Crippen LogP contribution in [-0.4, -0.2) is 37.4 Å². The molecular formula is C22H19F3N4O4. The Morgan fingerprint density at radius 1 is 1.33 bits per heavy atom. The van der Waals surface area contributed by atoms with Crippen LogP contribution in [0.1, 0.15) is 65.6 Å². The summed E-state index contributed by atoms with van der Waals surface area (Å²) < 4.78 is 52.9. The van der Waals surface area contributed by atoms with Crippen molar-refractivity contribution in [2.24, 2.45) is 0 Å². The lowest BCUT2D eigenvalue weighted by Crippen LogP contribution is -2.40. The third-order valence-electron chi connectivity index (χ3n) is 5.56. The van der Waals surface area contributed by atoms with E-state index in [0.29, 0.717) is 12.1 Å². The molecule has 0 radical (unpaired) electrons. The van der Waals surface area contributed by atoms with Crippen LogP contribution in [-0.2, 0) is 12.0 Å². The topological polar surface area (TPSA) is 108 Å². The standard InChI is InChI=1S/C22H19F3N4O4/c1-22(2,31)21-28-16(19(24)25)18(33-21)20(30)29-7-6-12-15(27-9-26-12)17(29)14-8-10-11(23)4-3-5-13(10)32-14/h3-5,8-9,17,19,31H,6-7H2,1-2H3,(H,26,27)/t17-/m1/s1. The molecule has 1 atom stereocenters. The van der Waals surface area contributed by atoms with E-state index in [0.717, 1.165) is 5.69 Å². The van der Waals surface area contributed by atoms with Crippen LogP contribution in [0.2, 0.25) is 0 Å².